The number of aromatic amines is 1. The van der Waals surface area contributed by atoms with E-state index >= 15 is 0 Å². The Labute approximate surface area is 99.0 Å². The number of carbonyl (C=O) groups excluding carboxylic acids is 1. The fourth-order valence-corrected chi connectivity index (χ4v) is 1.60. The summed E-state index contributed by atoms with van der Waals surface area (Å²) in [5.41, 5.74) is 2.13. The van der Waals surface area contributed by atoms with E-state index in [1.54, 1.807) is 17.1 Å². The van der Waals surface area contributed by atoms with Gasteiger partial charge < -0.3 is 5.32 Å². The Balaban J connectivity index is 2.21. The molecular formula is C11H15N5O. The predicted molar refractivity (Wildman–Crippen MR) is 63.8 cm³/mol. The van der Waals surface area contributed by atoms with Crippen LogP contribution in [0.25, 0.3) is 0 Å². The van der Waals surface area contributed by atoms with E-state index in [4.69, 9.17) is 0 Å². The van der Waals surface area contributed by atoms with Crippen molar-refractivity contribution in [2.75, 3.05) is 5.32 Å². The Morgan fingerprint density at radius 2 is 2.29 bits per heavy atom. The van der Waals surface area contributed by atoms with Crippen LogP contribution in [0.2, 0.25) is 0 Å². The van der Waals surface area contributed by atoms with Crippen molar-refractivity contribution in [3.05, 3.63) is 29.8 Å². The SMILES string of the molecule is CC(C)c1nn(C)cc1NC(=O)c1cn[nH]c1. The molecule has 2 aromatic heterocycles. The first kappa shape index (κ1) is 11.4. The first-order valence-electron chi connectivity index (χ1n) is 5.41. The van der Waals surface area contributed by atoms with E-state index in [1.165, 1.54) is 6.20 Å². The number of aryl methyl sites for hydroxylation is 1. The van der Waals surface area contributed by atoms with Crippen LogP contribution in [0.15, 0.2) is 18.6 Å². The third-order valence-electron chi connectivity index (χ3n) is 2.41. The molecule has 2 aromatic rings. The molecule has 0 saturated heterocycles. The topological polar surface area (TPSA) is 75.6 Å². The van der Waals surface area contributed by atoms with Gasteiger partial charge in [-0.3, -0.25) is 14.6 Å². The summed E-state index contributed by atoms with van der Waals surface area (Å²) in [5.74, 6) is 0.0736. The molecule has 0 aliphatic rings. The highest BCUT2D eigenvalue weighted by molar-refractivity contribution is 6.04. The minimum atomic E-state index is -0.186. The van der Waals surface area contributed by atoms with Crippen molar-refractivity contribution in [3.63, 3.8) is 0 Å². The normalized spacial score (nSPS) is 10.8. The Kier molecular flexibility index (Phi) is 2.95. The Morgan fingerprint density at radius 3 is 2.88 bits per heavy atom. The van der Waals surface area contributed by atoms with Crippen molar-refractivity contribution in [2.45, 2.75) is 19.8 Å². The highest BCUT2D eigenvalue weighted by atomic mass is 16.1. The van der Waals surface area contributed by atoms with Crippen molar-refractivity contribution in [1.29, 1.82) is 0 Å². The van der Waals surface area contributed by atoms with Crippen LogP contribution in [-0.4, -0.2) is 25.9 Å². The molecule has 2 heterocycles. The van der Waals surface area contributed by atoms with Gasteiger partial charge in [0, 0.05) is 19.4 Å². The van der Waals surface area contributed by atoms with E-state index in [0.717, 1.165) is 11.4 Å². The van der Waals surface area contributed by atoms with E-state index in [1.807, 2.05) is 20.9 Å². The molecule has 6 nitrogen and oxygen atoms in total. The lowest BCUT2D eigenvalue weighted by Crippen LogP contribution is -2.12. The highest BCUT2D eigenvalue weighted by Crippen LogP contribution is 2.22. The first-order chi connectivity index (χ1) is 8.08. The van der Waals surface area contributed by atoms with E-state index < -0.39 is 0 Å². The zero-order valence-electron chi connectivity index (χ0n) is 10.1. The number of nitrogens with one attached hydrogen (secondary N) is 2. The van der Waals surface area contributed by atoms with Gasteiger partial charge in [0.05, 0.1) is 23.1 Å². The number of carbonyl (C=O) groups is 1. The van der Waals surface area contributed by atoms with Gasteiger partial charge in [-0.2, -0.15) is 10.2 Å². The van der Waals surface area contributed by atoms with Gasteiger partial charge in [0.15, 0.2) is 0 Å². The molecule has 17 heavy (non-hydrogen) atoms. The summed E-state index contributed by atoms with van der Waals surface area (Å²) in [5, 5.41) is 13.5. The van der Waals surface area contributed by atoms with Crippen LogP contribution < -0.4 is 5.32 Å². The molecule has 0 aliphatic carbocycles. The van der Waals surface area contributed by atoms with Crippen LogP contribution in [0, 0.1) is 0 Å². The summed E-state index contributed by atoms with van der Waals surface area (Å²) < 4.78 is 1.69. The molecule has 1 amide bonds. The molecule has 0 aliphatic heterocycles. The number of hydrogen-bond acceptors (Lipinski definition) is 3. The molecule has 0 spiro atoms. The van der Waals surface area contributed by atoms with Gasteiger partial charge >= 0.3 is 0 Å². The zero-order chi connectivity index (χ0) is 12.4. The van der Waals surface area contributed by atoms with Crippen LogP contribution in [0.1, 0.15) is 35.8 Å². The number of rotatable bonds is 3. The lowest BCUT2D eigenvalue weighted by molar-refractivity contribution is 0.102. The fraction of sp³-hybridized carbons (Fsp3) is 0.364. The Morgan fingerprint density at radius 1 is 1.53 bits per heavy atom. The maximum atomic E-state index is 11.9. The number of amides is 1. The predicted octanol–water partition coefficient (Wildman–Crippen LogP) is 1.52. The summed E-state index contributed by atoms with van der Waals surface area (Å²) >= 11 is 0. The van der Waals surface area contributed by atoms with Crippen LogP contribution in [-0.2, 0) is 7.05 Å². The lowest BCUT2D eigenvalue weighted by Gasteiger charge is -2.05. The number of hydrogen-bond donors (Lipinski definition) is 2. The fourth-order valence-electron chi connectivity index (χ4n) is 1.60. The molecule has 2 rings (SSSR count). The Hall–Kier alpha value is -2.11. The van der Waals surface area contributed by atoms with Gasteiger partial charge in [-0.15, -0.1) is 0 Å². The molecule has 0 radical (unpaired) electrons. The third kappa shape index (κ3) is 2.35. The molecule has 0 saturated carbocycles. The monoisotopic (exact) mass is 233 g/mol. The van der Waals surface area contributed by atoms with Crippen LogP contribution in [0.4, 0.5) is 5.69 Å². The minimum absolute atomic E-state index is 0.186. The molecule has 0 aromatic carbocycles. The second-order valence-corrected chi connectivity index (χ2v) is 4.20. The molecule has 2 N–H and O–H groups in total. The van der Waals surface area contributed by atoms with Gasteiger partial charge in [0.1, 0.15) is 0 Å². The van der Waals surface area contributed by atoms with Crippen molar-refractivity contribution in [1.82, 2.24) is 20.0 Å². The van der Waals surface area contributed by atoms with E-state index in [2.05, 4.69) is 20.6 Å². The van der Waals surface area contributed by atoms with Gasteiger partial charge in [0.2, 0.25) is 0 Å². The summed E-state index contributed by atoms with van der Waals surface area (Å²) in [4.78, 5) is 11.9. The second kappa shape index (κ2) is 4.40. The molecule has 90 valence electrons. The van der Waals surface area contributed by atoms with E-state index in [0.29, 0.717) is 5.56 Å². The quantitative estimate of drug-likeness (QED) is 0.843. The smallest absolute Gasteiger partial charge is 0.258 e. The second-order valence-electron chi connectivity index (χ2n) is 4.20. The average molecular weight is 233 g/mol. The highest BCUT2D eigenvalue weighted by Gasteiger charge is 2.15. The summed E-state index contributed by atoms with van der Waals surface area (Å²) in [6.07, 6.45) is 4.84. The average Bonchev–Trinajstić information content (AvgIpc) is 2.86. The van der Waals surface area contributed by atoms with Crippen LogP contribution in [0.5, 0.6) is 0 Å². The molecule has 0 fully saturated rings. The maximum Gasteiger partial charge on any atom is 0.258 e. The molecular weight excluding hydrogens is 218 g/mol. The molecule has 0 unspecified atom stereocenters. The standard InChI is InChI=1S/C11H15N5O/c1-7(2)10-9(6-16(3)15-10)14-11(17)8-4-12-13-5-8/h4-7H,1-3H3,(H,12,13)(H,14,17). The van der Waals surface area contributed by atoms with Crippen molar-refractivity contribution in [3.8, 4) is 0 Å². The van der Waals surface area contributed by atoms with E-state index in [-0.39, 0.29) is 11.8 Å². The Bertz CT molecular complexity index is 512. The minimum Gasteiger partial charge on any atom is -0.319 e. The maximum absolute atomic E-state index is 11.9. The number of anilines is 1. The van der Waals surface area contributed by atoms with Crippen molar-refractivity contribution < 1.29 is 4.79 Å². The van der Waals surface area contributed by atoms with Crippen molar-refractivity contribution in [2.24, 2.45) is 7.05 Å². The largest absolute Gasteiger partial charge is 0.319 e. The summed E-state index contributed by atoms with van der Waals surface area (Å²) in [6.45, 7) is 4.08. The van der Waals surface area contributed by atoms with Crippen LogP contribution in [0.3, 0.4) is 0 Å². The molecule has 6 heteroatoms. The summed E-state index contributed by atoms with van der Waals surface area (Å²) in [6, 6.07) is 0. The third-order valence-corrected chi connectivity index (χ3v) is 2.41. The summed E-state index contributed by atoms with van der Waals surface area (Å²) in [7, 11) is 1.83. The van der Waals surface area contributed by atoms with Gasteiger partial charge in [-0.25, -0.2) is 0 Å². The lowest BCUT2D eigenvalue weighted by atomic mass is 10.1. The number of aromatic nitrogens is 4. The number of nitrogens with zero attached hydrogens (tertiary/aromatic N) is 3. The van der Waals surface area contributed by atoms with Gasteiger partial charge in [0.25, 0.3) is 5.91 Å². The van der Waals surface area contributed by atoms with E-state index in [9.17, 15) is 4.79 Å². The number of H-pyrrole nitrogens is 1. The van der Waals surface area contributed by atoms with Crippen LogP contribution >= 0.6 is 0 Å². The first-order valence-corrected chi connectivity index (χ1v) is 5.41. The van der Waals surface area contributed by atoms with Crippen molar-refractivity contribution >= 4 is 11.6 Å². The zero-order valence-corrected chi connectivity index (χ0v) is 10.1. The van der Waals surface area contributed by atoms with Gasteiger partial charge in [-0.05, 0) is 5.92 Å². The van der Waals surface area contributed by atoms with Gasteiger partial charge in [-0.1, -0.05) is 13.8 Å². The molecule has 0 bridgehead atoms. The molecule has 0 atom stereocenters.